The van der Waals surface area contributed by atoms with Gasteiger partial charge in [-0.15, -0.1) is 0 Å². The molecule has 4 rings (SSSR count). The van der Waals surface area contributed by atoms with Crippen molar-refractivity contribution in [1.82, 2.24) is 19.7 Å². The summed E-state index contributed by atoms with van der Waals surface area (Å²) in [6.07, 6.45) is 1.57. The van der Waals surface area contributed by atoms with E-state index in [1.807, 2.05) is 0 Å². The molecular weight excluding hydrogens is 430 g/mol. The smallest absolute Gasteiger partial charge is 0.357 e. The van der Waals surface area contributed by atoms with E-state index < -0.39 is 17.8 Å². The van der Waals surface area contributed by atoms with Gasteiger partial charge in [-0.25, -0.2) is 19.3 Å². The molecule has 0 saturated carbocycles. The van der Waals surface area contributed by atoms with Crippen LogP contribution in [0, 0.1) is 0 Å². The first-order valence-corrected chi connectivity index (χ1v) is 9.99. The molecule has 3 aromatic rings. The number of carbonyl (C=O) groups excluding carboxylic acids is 2. The molecule has 0 unspecified atom stereocenters. The number of ether oxygens (including phenoxy) is 1. The number of anilines is 1. The minimum Gasteiger partial charge on any atom is -0.476 e. The van der Waals surface area contributed by atoms with Crippen LogP contribution in [0.4, 0.5) is 5.69 Å². The van der Waals surface area contributed by atoms with Gasteiger partial charge in [-0.05, 0) is 29.3 Å². The van der Waals surface area contributed by atoms with Crippen molar-refractivity contribution in [2.24, 2.45) is 7.05 Å². The molecule has 0 saturated heterocycles. The number of aliphatic hydroxyl groups excluding tert-OH is 1. The number of aliphatic hydroxyl groups is 1. The zero-order chi connectivity index (χ0) is 23.7. The Bertz CT molecular complexity index is 1310. The van der Waals surface area contributed by atoms with E-state index in [0.29, 0.717) is 27.8 Å². The van der Waals surface area contributed by atoms with Gasteiger partial charge >= 0.3 is 11.9 Å². The fourth-order valence-electron chi connectivity index (χ4n) is 3.82. The number of aromatic nitrogens is 3. The quantitative estimate of drug-likeness (QED) is 0.448. The maximum atomic E-state index is 12.8. The highest BCUT2D eigenvalue weighted by Crippen LogP contribution is 2.32. The van der Waals surface area contributed by atoms with Gasteiger partial charge in [-0.2, -0.15) is 5.10 Å². The van der Waals surface area contributed by atoms with E-state index in [1.165, 1.54) is 16.7 Å². The Hall–Kier alpha value is -4.25. The number of β-amino-alcohol motifs (C(OH)–C–C–N with tert-alkyl or cyclic N) is 1. The van der Waals surface area contributed by atoms with Crippen molar-refractivity contribution in [2.75, 3.05) is 32.1 Å². The lowest BCUT2D eigenvalue weighted by molar-refractivity contribution is -0.136. The van der Waals surface area contributed by atoms with Crippen molar-refractivity contribution in [3.05, 3.63) is 53.5 Å². The average Bonchev–Trinajstić information content (AvgIpc) is 3.31. The minimum absolute atomic E-state index is 0.0245. The molecule has 0 fully saturated rings. The summed E-state index contributed by atoms with van der Waals surface area (Å²) < 4.78 is 6.21. The lowest BCUT2D eigenvalue weighted by Crippen LogP contribution is -2.31. The maximum absolute atomic E-state index is 12.8. The second-order valence-corrected chi connectivity index (χ2v) is 7.34. The number of esters is 1. The van der Waals surface area contributed by atoms with Crippen LogP contribution in [-0.2, 0) is 21.4 Å². The second kappa shape index (κ2) is 8.71. The molecule has 33 heavy (non-hydrogen) atoms. The molecule has 0 aliphatic carbocycles. The van der Waals surface area contributed by atoms with E-state index in [1.54, 1.807) is 43.6 Å². The topological polar surface area (TPSA) is 147 Å². The Morgan fingerprint density at radius 1 is 1.27 bits per heavy atom. The zero-order valence-electron chi connectivity index (χ0n) is 17.9. The van der Waals surface area contributed by atoms with Gasteiger partial charge in [0.15, 0.2) is 11.3 Å². The summed E-state index contributed by atoms with van der Waals surface area (Å²) in [6.45, 7) is -0.132. The van der Waals surface area contributed by atoms with Gasteiger partial charge in [0.05, 0.1) is 31.2 Å². The summed E-state index contributed by atoms with van der Waals surface area (Å²) in [5.74, 6) is -2.24. The largest absolute Gasteiger partial charge is 0.476 e. The SMILES string of the molecule is COC(=O)C1=C(Nc2cccc(-c3ccnc4c3c(C(=O)O)nn4C)c2)C(=O)N(CCO)C1. The van der Waals surface area contributed by atoms with E-state index in [-0.39, 0.29) is 36.7 Å². The normalized spacial score (nSPS) is 13.7. The Balaban J connectivity index is 1.76. The molecule has 0 spiro atoms. The number of benzene rings is 1. The first kappa shape index (κ1) is 22.0. The Morgan fingerprint density at radius 2 is 2.06 bits per heavy atom. The number of hydrogen-bond acceptors (Lipinski definition) is 8. The molecule has 1 amide bonds. The Labute approximate surface area is 187 Å². The molecule has 3 N–H and O–H groups in total. The molecular formula is C22H21N5O6. The molecule has 3 heterocycles. The predicted molar refractivity (Wildman–Crippen MR) is 117 cm³/mol. The number of carbonyl (C=O) groups is 3. The van der Waals surface area contributed by atoms with Crippen LogP contribution in [-0.4, -0.2) is 74.5 Å². The number of rotatable bonds is 7. The van der Waals surface area contributed by atoms with Crippen LogP contribution in [0.5, 0.6) is 0 Å². The molecule has 0 bridgehead atoms. The van der Waals surface area contributed by atoms with Gasteiger partial charge in [0, 0.05) is 25.5 Å². The van der Waals surface area contributed by atoms with Crippen molar-refractivity contribution in [1.29, 1.82) is 0 Å². The number of amides is 1. The Kier molecular flexibility index (Phi) is 5.80. The monoisotopic (exact) mass is 451 g/mol. The lowest BCUT2D eigenvalue weighted by Gasteiger charge is -2.15. The van der Waals surface area contributed by atoms with E-state index >= 15 is 0 Å². The summed E-state index contributed by atoms with van der Waals surface area (Å²) in [5.41, 5.74) is 2.32. The third kappa shape index (κ3) is 3.89. The van der Waals surface area contributed by atoms with Gasteiger partial charge in [0.2, 0.25) is 0 Å². The van der Waals surface area contributed by atoms with E-state index in [9.17, 15) is 24.6 Å². The third-order valence-corrected chi connectivity index (χ3v) is 5.32. The lowest BCUT2D eigenvalue weighted by atomic mass is 10.0. The number of hydrogen-bond donors (Lipinski definition) is 3. The predicted octanol–water partition coefficient (Wildman–Crippen LogP) is 1.01. The highest BCUT2D eigenvalue weighted by atomic mass is 16.5. The first-order chi connectivity index (χ1) is 15.8. The molecule has 170 valence electrons. The van der Waals surface area contributed by atoms with Crippen molar-refractivity contribution < 1.29 is 29.3 Å². The average molecular weight is 451 g/mol. The number of methoxy groups -OCH3 is 1. The number of carboxylic acid groups (broad SMARTS) is 1. The number of nitrogens with zero attached hydrogens (tertiary/aromatic N) is 4. The molecule has 2 aromatic heterocycles. The van der Waals surface area contributed by atoms with Crippen LogP contribution in [0.1, 0.15) is 10.5 Å². The maximum Gasteiger partial charge on any atom is 0.357 e. The fraction of sp³-hybridized carbons (Fsp3) is 0.227. The van der Waals surface area contributed by atoms with Crippen molar-refractivity contribution in [3.63, 3.8) is 0 Å². The van der Waals surface area contributed by atoms with Gasteiger partial charge in [-0.1, -0.05) is 12.1 Å². The van der Waals surface area contributed by atoms with Gasteiger partial charge in [-0.3, -0.25) is 4.79 Å². The first-order valence-electron chi connectivity index (χ1n) is 9.99. The number of nitrogens with one attached hydrogen (secondary N) is 1. The molecule has 11 nitrogen and oxygen atoms in total. The summed E-state index contributed by atoms with van der Waals surface area (Å²) in [7, 11) is 2.85. The minimum atomic E-state index is -1.17. The van der Waals surface area contributed by atoms with Crippen LogP contribution < -0.4 is 5.32 Å². The number of carboxylic acids is 1. The standard InChI is InChI=1S/C22H21N5O6/c1-26-19-16(18(25-26)21(30)31)14(6-7-23-19)12-4-3-5-13(10-12)24-17-15(22(32)33-2)11-27(8-9-28)20(17)29/h3-7,10,24,28H,8-9,11H2,1-2H3,(H,30,31). The van der Waals surface area contributed by atoms with Crippen molar-refractivity contribution in [3.8, 4) is 11.1 Å². The van der Waals surface area contributed by atoms with E-state index in [4.69, 9.17) is 4.74 Å². The van der Waals surface area contributed by atoms with E-state index in [0.717, 1.165) is 0 Å². The number of aryl methyl sites for hydroxylation is 1. The molecule has 1 aromatic carbocycles. The summed E-state index contributed by atoms with van der Waals surface area (Å²) in [6, 6.07) is 8.68. The highest BCUT2D eigenvalue weighted by Gasteiger charge is 2.34. The van der Waals surface area contributed by atoms with Crippen LogP contribution in [0.15, 0.2) is 47.8 Å². The molecule has 0 atom stereocenters. The van der Waals surface area contributed by atoms with Crippen molar-refractivity contribution >= 4 is 34.6 Å². The molecule has 1 aliphatic rings. The van der Waals surface area contributed by atoms with Crippen LogP contribution >= 0.6 is 0 Å². The zero-order valence-corrected chi connectivity index (χ0v) is 17.9. The highest BCUT2D eigenvalue weighted by molar-refractivity contribution is 6.09. The van der Waals surface area contributed by atoms with Crippen LogP contribution in [0.25, 0.3) is 22.2 Å². The third-order valence-electron chi connectivity index (χ3n) is 5.32. The summed E-state index contributed by atoms with van der Waals surface area (Å²) >= 11 is 0. The molecule has 1 aliphatic heterocycles. The summed E-state index contributed by atoms with van der Waals surface area (Å²) in [4.78, 5) is 42.3. The molecule has 11 heteroatoms. The van der Waals surface area contributed by atoms with Crippen LogP contribution in [0.3, 0.4) is 0 Å². The van der Waals surface area contributed by atoms with Gasteiger partial charge in [0.25, 0.3) is 5.91 Å². The van der Waals surface area contributed by atoms with E-state index in [2.05, 4.69) is 15.4 Å². The summed E-state index contributed by atoms with van der Waals surface area (Å²) in [5, 5.41) is 26.3. The van der Waals surface area contributed by atoms with Gasteiger partial charge < -0.3 is 25.2 Å². The number of pyridine rings is 1. The number of aromatic carboxylic acids is 1. The molecule has 0 radical (unpaired) electrons. The van der Waals surface area contributed by atoms with Crippen LogP contribution in [0.2, 0.25) is 0 Å². The van der Waals surface area contributed by atoms with Crippen molar-refractivity contribution in [2.45, 2.75) is 0 Å². The number of fused-ring (bicyclic) bond motifs is 1. The second-order valence-electron chi connectivity index (χ2n) is 7.34. The van der Waals surface area contributed by atoms with Gasteiger partial charge in [0.1, 0.15) is 5.70 Å². The fourth-order valence-corrected chi connectivity index (χ4v) is 3.82. The Morgan fingerprint density at radius 3 is 2.76 bits per heavy atom.